The van der Waals surface area contributed by atoms with E-state index in [1.165, 1.54) is 12.1 Å². The first-order valence-electron chi connectivity index (χ1n) is 5.45. The molecule has 0 aromatic heterocycles. The lowest BCUT2D eigenvalue weighted by atomic mass is 10.0. The Morgan fingerprint density at radius 3 is 2.94 bits per heavy atom. The fraction of sp³-hybridized carbons (Fsp3) is 0.417. The van der Waals surface area contributed by atoms with Crippen LogP contribution in [0, 0.1) is 11.7 Å². The Balaban J connectivity index is 2.07. The predicted molar refractivity (Wildman–Crippen MR) is 66.3 cm³/mol. The van der Waals surface area contributed by atoms with Crippen molar-refractivity contribution in [3.8, 4) is 0 Å². The zero-order valence-electron chi connectivity index (χ0n) is 9.37. The van der Waals surface area contributed by atoms with Crippen molar-refractivity contribution < 1.29 is 13.9 Å². The van der Waals surface area contributed by atoms with Gasteiger partial charge in [0, 0.05) is 11.1 Å². The summed E-state index contributed by atoms with van der Waals surface area (Å²) in [6, 6.07) is 4.52. The second-order valence-corrected chi connectivity index (χ2v) is 5.09. The summed E-state index contributed by atoms with van der Waals surface area (Å²) in [5.41, 5.74) is 0.181. The maximum Gasteiger partial charge on any atom is 0.253 e. The van der Waals surface area contributed by atoms with Gasteiger partial charge in [-0.2, -0.15) is 0 Å². The van der Waals surface area contributed by atoms with Crippen molar-refractivity contribution in [1.82, 2.24) is 0 Å². The fourth-order valence-corrected chi connectivity index (χ4v) is 2.16. The predicted octanol–water partition coefficient (Wildman–Crippen LogP) is 2.95. The molecule has 2 rings (SSSR count). The number of carbonyl (C=O) groups is 1. The minimum atomic E-state index is -0.474. The number of benzene rings is 1. The van der Waals surface area contributed by atoms with E-state index >= 15 is 0 Å². The highest BCUT2D eigenvalue weighted by Gasteiger charge is 2.31. The van der Waals surface area contributed by atoms with Gasteiger partial charge in [0.15, 0.2) is 0 Å². The van der Waals surface area contributed by atoms with Gasteiger partial charge in [0.2, 0.25) is 0 Å². The van der Waals surface area contributed by atoms with Crippen LogP contribution in [0.2, 0.25) is 0 Å². The number of carbonyl (C=O) groups excluding carboxylic acids is 1. The second kappa shape index (κ2) is 5.14. The van der Waals surface area contributed by atoms with Gasteiger partial charge in [-0.1, -0.05) is 22.9 Å². The number of halogens is 2. The largest absolute Gasteiger partial charge is 0.368 e. The third-order valence-corrected chi connectivity index (χ3v) is 3.33. The lowest BCUT2D eigenvalue weighted by Crippen LogP contribution is -2.31. The molecule has 1 aliphatic heterocycles. The topological polar surface area (TPSA) is 38.3 Å². The zero-order valence-corrected chi connectivity index (χ0v) is 11.0. The average molecular weight is 302 g/mol. The SMILES string of the molecule is CC1CCOC1C(=O)Nc1ccc(Br)cc1F. The van der Waals surface area contributed by atoms with Crippen LogP contribution in [-0.2, 0) is 9.53 Å². The molecule has 0 radical (unpaired) electrons. The van der Waals surface area contributed by atoms with Crippen LogP contribution >= 0.6 is 15.9 Å². The first kappa shape index (κ1) is 12.5. The molecule has 92 valence electrons. The number of amides is 1. The van der Waals surface area contributed by atoms with Crippen molar-refractivity contribution in [2.45, 2.75) is 19.4 Å². The summed E-state index contributed by atoms with van der Waals surface area (Å²) in [6.07, 6.45) is 0.388. The van der Waals surface area contributed by atoms with Crippen LogP contribution < -0.4 is 5.32 Å². The molecule has 3 nitrogen and oxygen atoms in total. The van der Waals surface area contributed by atoms with Crippen molar-refractivity contribution in [1.29, 1.82) is 0 Å². The molecule has 1 aromatic carbocycles. The molecule has 2 unspecified atom stereocenters. The van der Waals surface area contributed by atoms with Crippen LogP contribution in [-0.4, -0.2) is 18.6 Å². The van der Waals surface area contributed by atoms with Crippen LogP contribution in [0.4, 0.5) is 10.1 Å². The Labute approximate surface area is 107 Å². The van der Waals surface area contributed by atoms with Gasteiger partial charge in [-0.15, -0.1) is 0 Å². The van der Waals surface area contributed by atoms with Gasteiger partial charge in [0.25, 0.3) is 5.91 Å². The maximum absolute atomic E-state index is 13.5. The van der Waals surface area contributed by atoms with Gasteiger partial charge < -0.3 is 10.1 Å². The van der Waals surface area contributed by atoms with Gasteiger partial charge in [-0.25, -0.2) is 4.39 Å². The number of hydrogen-bond donors (Lipinski definition) is 1. The van der Waals surface area contributed by atoms with Crippen molar-refractivity contribution in [2.75, 3.05) is 11.9 Å². The van der Waals surface area contributed by atoms with E-state index < -0.39 is 11.9 Å². The molecule has 1 aliphatic rings. The molecule has 0 saturated carbocycles. The average Bonchev–Trinajstić information content (AvgIpc) is 2.68. The Morgan fingerprint density at radius 2 is 2.35 bits per heavy atom. The minimum absolute atomic E-state index is 0.175. The van der Waals surface area contributed by atoms with Crippen molar-refractivity contribution in [3.05, 3.63) is 28.5 Å². The van der Waals surface area contributed by atoms with E-state index in [1.54, 1.807) is 6.07 Å². The third-order valence-electron chi connectivity index (χ3n) is 2.83. The van der Waals surface area contributed by atoms with Gasteiger partial charge in [0.1, 0.15) is 11.9 Å². The summed E-state index contributed by atoms with van der Waals surface area (Å²) in [6.45, 7) is 2.54. The van der Waals surface area contributed by atoms with E-state index in [0.29, 0.717) is 11.1 Å². The van der Waals surface area contributed by atoms with Gasteiger partial charge in [-0.3, -0.25) is 4.79 Å². The standard InChI is InChI=1S/C12H13BrFNO2/c1-7-4-5-17-11(7)12(16)15-10-3-2-8(13)6-9(10)14/h2-3,6-7,11H,4-5H2,1H3,(H,15,16). The van der Waals surface area contributed by atoms with Crippen LogP contribution in [0.25, 0.3) is 0 Å². The summed E-state index contributed by atoms with van der Waals surface area (Å²) in [4.78, 5) is 11.8. The summed E-state index contributed by atoms with van der Waals surface area (Å²) in [5, 5.41) is 2.55. The highest BCUT2D eigenvalue weighted by molar-refractivity contribution is 9.10. The Hall–Kier alpha value is -0.940. The lowest BCUT2D eigenvalue weighted by molar-refractivity contribution is -0.126. The van der Waals surface area contributed by atoms with Gasteiger partial charge >= 0.3 is 0 Å². The molecule has 5 heteroatoms. The molecule has 1 saturated heterocycles. The zero-order chi connectivity index (χ0) is 12.4. The smallest absolute Gasteiger partial charge is 0.253 e. The van der Waals surface area contributed by atoms with Crippen LogP contribution in [0.1, 0.15) is 13.3 Å². The van der Waals surface area contributed by atoms with Crippen molar-refractivity contribution in [3.63, 3.8) is 0 Å². The molecule has 1 heterocycles. The summed E-state index contributed by atoms with van der Waals surface area (Å²) >= 11 is 3.16. The van der Waals surface area contributed by atoms with E-state index in [9.17, 15) is 9.18 Å². The quantitative estimate of drug-likeness (QED) is 0.912. The molecular weight excluding hydrogens is 289 g/mol. The number of rotatable bonds is 2. The Morgan fingerprint density at radius 1 is 1.59 bits per heavy atom. The Kier molecular flexibility index (Phi) is 3.79. The molecule has 0 bridgehead atoms. The van der Waals surface area contributed by atoms with E-state index in [4.69, 9.17) is 4.74 Å². The molecule has 1 amide bonds. The molecule has 0 spiro atoms. The van der Waals surface area contributed by atoms with Crippen LogP contribution in [0.15, 0.2) is 22.7 Å². The molecule has 17 heavy (non-hydrogen) atoms. The molecule has 2 atom stereocenters. The van der Waals surface area contributed by atoms with Crippen LogP contribution in [0.3, 0.4) is 0 Å². The van der Waals surface area contributed by atoms with Crippen LogP contribution in [0.5, 0.6) is 0 Å². The number of nitrogens with one attached hydrogen (secondary N) is 1. The first-order valence-corrected chi connectivity index (χ1v) is 6.25. The lowest BCUT2D eigenvalue weighted by Gasteiger charge is -2.14. The normalized spacial score (nSPS) is 23.7. The van der Waals surface area contributed by atoms with E-state index in [-0.39, 0.29) is 17.5 Å². The monoisotopic (exact) mass is 301 g/mol. The fourth-order valence-electron chi connectivity index (χ4n) is 1.83. The minimum Gasteiger partial charge on any atom is -0.368 e. The highest BCUT2D eigenvalue weighted by Crippen LogP contribution is 2.23. The van der Waals surface area contributed by atoms with Gasteiger partial charge in [-0.05, 0) is 30.5 Å². The first-order chi connectivity index (χ1) is 8.08. The third kappa shape index (κ3) is 2.84. The summed E-state index contributed by atoms with van der Waals surface area (Å²) in [5.74, 6) is -0.567. The molecular formula is C12H13BrFNO2. The highest BCUT2D eigenvalue weighted by atomic mass is 79.9. The van der Waals surface area contributed by atoms with Crippen molar-refractivity contribution >= 4 is 27.5 Å². The maximum atomic E-state index is 13.5. The van der Waals surface area contributed by atoms with E-state index in [2.05, 4.69) is 21.2 Å². The summed E-state index contributed by atoms with van der Waals surface area (Å²) in [7, 11) is 0. The van der Waals surface area contributed by atoms with E-state index in [1.807, 2.05) is 6.92 Å². The van der Waals surface area contributed by atoms with Crippen molar-refractivity contribution in [2.24, 2.45) is 5.92 Å². The molecule has 1 fully saturated rings. The van der Waals surface area contributed by atoms with E-state index in [0.717, 1.165) is 6.42 Å². The Bertz CT molecular complexity index is 439. The molecule has 0 aliphatic carbocycles. The second-order valence-electron chi connectivity index (χ2n) is 4.17. The van der Waals surface area contributed by atoms with Gasteiger partial charge in [0.05, 0.1) is 5.69 Å². The number of anilines is 1. The number of ether oxygens (including phenoxy) is 1. The molecule has 1 N–H and O–H groups in total. The number of hydrogen-bond acceptors (Lipinski definition) is 2. The summed E-state index contributed by atoms with van der Waals surface area (Å²) < 4.78 is 19.5. The molecule has 1 aromatic rings.